The summed E-state index contributed by atoms with van der Waals surface area (Å²) in [6, 6.07) is 9.06. The van der Waals surface area contributed by atoms with Gasteiger partial charge in [-0.15, -0.1) is 0 Å². The molecule has 164 valence electrons. The summed E-state index contributed by atoms with van der Waals surface area (Å²) in [4.78, 5) is 39.3. The van der Waals surface area contributed by atoms with Crippen molar-refractivity contribution in [1.29, 1.82) is 0 Å². The molecule has 0 aromatic heterocycles. The van der Waals surface area contributed by atoms with Crippen molar-refractivity contribution < 1.29 is 14.5 Å². The predicted octanol–water partition coefficient (Wildman–Crippen LogP) is 4.60. The van der Waals surface area contributed by atoms with Crippen molar-refractivity contribution in [3.63, 3.8) is 0 Å². The fourth-order valence-corrected chi connectivity index (χ4v) is 3.80. The summed E-state index contributed by atoms with van der Waals surface area (Å²) in [7, 11) is 0. The number of benzene rings is 2. The number of rotatable bonds is 6. The molecule has 1 aliphatic rings. The number of nitrogens with zero attached hydrogens (tertiary/aromatic N) is 3. The maximum atomic E-state index is 12.8. The van der Waals surface area contributed by atoms with Crippen LogP contribution in [0.3, 0.4) is 0 Å². The van der Waals surface area contributed by atoms with E-state index in [1.54, 1.807) is 12.1 Å². The molecule has 0 bridgehead atoms. The molecule has 1 saturated heterocycles. The monoisotopic (exact) mass is 464 g/mol. The first-order valence-corrected chi connectivity index (χ1v) is 10.6. The predicted molar refractivity (Wildman–Crippen MR) is 121 cm³/mol. The third-order valence-corrected chi connectivity index (χ3v) is 5.60. The Balaban J connectivity index is 1.78. The topological polar surface area (TPSA) is 95.8 Å². The zero-order chi connectivity index (χ0) is 22.5. The quantitative estimate of drug-likeness (QED) is 0.497. The molecule has 0 spiro atoms. The molecule has 0 atom stereocenters. The number of carbonyl (C=O) groups excluding carboxylic acids is 2. The van der Waals surface area contributed by atoms with Crippen LogP contribution in [0.4, 0.5) is 17.1 Å². The molecule has 1 fully saturated rings. The fraction of sp³-hybridized carbons (Fsp3) is 0.333. The lowest BCUT2D eigenvalue weighted by atomic mass is 10.1. The largest absolute Gasteiger partial charge is 0.366 e. The van der Waals surface area contributed by atoms with Crippen molar-refractivity contribution in [2.75, 3.05) is 36.4 Å². The van der Waals surface area contributed by atoms with E-state index in [2.05, 4.69) is 10.2 Å². The van der Waals surface area contributed by atoms with E-state index >= 15 is 0 Å². The van der Waals surface area contributed by atoms with Crippen LogP contribution in [-0.2, 0) is 4.79 Å². The van der Waals surface area contributed by atoms with Gasteiger partial charge in [-0.05, 0) is 36.8 Å². The number of nitro benzene ring substituents is 1. The minimum atomic E-state index is -0.636. The number of halogens is 2. The second-order valence-corrected chi connectivity index (χ2v) is 8.00. The number of carbonyl (C=O) groups is 2. The number of piperazine rings is 1. The number of nitro groups is 1. The Morgan fingerprint density at radius 1 is 1.10 bits per heavy atom. The Labute approximate surface area is 189 Å². The van der Waals surface area contributed by atoms with Gasteiger partial charge >= 0.3 is 0 Å². The molecule has 1 heterocycles. The second kappa shape index (κ2) is 9.98. The molecule has 10 heteroatoms. The van der Waals surface area contributed by atoms with Crippen molar-refractivity contribution >= 4 is 52.1 Å². The van der Waals surface area contributed by atoms with Crippen LogP contribution < -0.4 is 10.2 Å². The molecule has 2 amide bonds. The number of nitrogens with one attached hydrogen (secondary N) is 1. The molecule has 1 N–H and O–H groups in total. The van der Waals surface area contributed by atoms with Crippen molar-refractivity contribution in [3.8, 4) is 0 Å². The van der Waals surface area contributed by atoms with Crippen LogP contribution >= 0.6 is 23.2 Å². The molecule has 2 aromatic carbocycles. The SMILES string of the molecule is CCCC(=O)N1CCN(c2ccc(Cl)cc2NC(=O)c2ccc(Cl)c([N+](=O)[O-])c2)CC1. The first-order valence-electron chi connectivity index (χ1n) is 9.87. The van der Waals surface area contributed by atoms with Gasteiger partial charge in [0.05, 0.1) is 16.3 Å². The van der Waals surface area contributed by atoms with E-state index < -0.39 is 10.8 Å². The molecular weight excluding hydrogens is 443 g/mol. The van der Waals surface area contributed by atoms with E-state index in [1.165, 1.54) is 12.1 Å². The van der Waals surface area contributed by atoms with Gasteiger partial charge in [0.15, 0.2) is 0 Å². The molecule has 2 aromatic rings. The molecular formula is C21H22Cl2N4O4. The van der Waals surface area contributed by atoms with Crippen LogP contribution in [0.1, 0.15) is 30.1 Å². The normalized spacial score (nSPS) is 13.8. The maximum absolute atomic E-state index is 12.8. The van der Waals surface area contributed by atoms with Crippen LogP contribution in [0.15, 0.2) is 36.4 Å². The number of amides is 2. The highest BCUT2D eigenvalue weighted by Crippen LogP contribution is 2.31. The standard InChI is InChI=1S/C21H22Cl2N4O4/c1-2-3-20(28)26-10-8-25(9-11-26)18-7-5-15(22)13-17(18)24-21(29)14-4-6-16(23)19(12-14)27(30)31/h4-7,12-13H,2-3,8-11H2,1H3,(H,24,29). The Hall–Kier alpha value is -2.84. The van der Waals surface area contributed by atoms with Crippen molar-refractivity contribution in [2.24, 2.45) is 0 Å². The van der Waals surface area contributed by atoms with E-state index in [-0.39, 0.29) is 22.2 Å². The Morgan fingerprint density at radius 2 is 1.81 bits per heavy atom. The highest BCUT2D eigenvalue weighted by Gasteiger charge is 2.23. The van der Waals surface area contributed by atoms with Crippen LogP contribution in [0.25, 0.3) is 0 Å². The van der Waals surface area contributed by atoms with Gasteiger partial charge in [0.25, 0.3) is 11.6 Å². The van der Waals surface area contributed by atoms with E-state index in [0.29, 0.717) is 43.3 Å². The number of hydrogen-bond acceptors (Lipinski definition) is 5. The zero-order valence-corrected chi connectivity index (χ0v) is 18.4. The second-order valence-electron chi connectivity index (χ2n) is 7.16. The Morgan fingerprint density at radius 3 is 2.45 bits per heavy atom. The lowest BCUT2D eigenvalue weighted by Gasteiger charge is -2.37. The molecule has 0 saturated carbocycles. The van der Waals surface area contributed by atoms with Gasteiger partial charge in [0.2, 0.25) is 5.91 Å². The summed E-state index contributed by atoms with van der Waals surface area (Å²) in [6.07, 6.45) is 1.35. The lowest BCUT2D eigenvalue weighted by molar-refractivity contribution is -0.384. The fourth-order valence-electron chi connectivity index (χ4n) is 3.44. The van der Waals surface area contributed by atoms with Crippen molar-refractivity contribution in [3.05, 3.63) is 62.1 Å². The summed E-state index contributed by atoms with van der Waals surface area (Å²) < 4.78 is 0. The van der Waals surface area contributed by atoms with Crippen LogP contribution in [-0.4, -0.2) is 47.8 Å². The first kappa shape index (κ1) is 22.8. The summed E-state index contributed by atoms with van der Waals surface area (Å²) in [5.74, 6) is -0.365. The van der Waals surface area contributed by atoms with Crippen LogP contribution in [0.5, 0.6) is 0 Å². The van der Waals surface area contributed by atoms with E-state index in [0.717, 1.165) is 18.2 Å². The van der Waals surface area contributed by atoms with E-state index in [4.69, 9.17) is 23.2 Å². The summed E-state index contributed by atoms with van der Waals surface area (Å²) in [5.41, 5.74) is 1.03. The van der Waals surface area contributed by atoms with Gasteiger partial charge < -0.3 is 15.1 Å². The molecule has 3 rings (SSSR count). The number of hydrogen-bond donors (Lipinski definition) is 1. The summed E-state index contributed by atoms with van der Waals surface area (Å²) in [5, 5.41) is 14.3. The number of anilines is 2. The van der Waals surface area contributed by atoms with Gasteiger partial charge in [0.1, 0.15) is 5.02 Å². The van der Waals surface area contributed by atoms with E-state index in [9.17, 15) is 19.7 Å². The van der Waals surface area contributed by atoms with Crippen molar-refractivity contribution in [2.45, 2.75) is 19.8 Å². The molecule has 0 unspecified atom stereocenters. The third-order valence-electron chi connectivity index (χ3n) is 5.05. The molecule has 1 aliphatic heterocycles. The van der Waals surface area contributed by atoms with Gasteiger partial charge in [-0.3, -0.25) is 19.7 Å². The van der Waals surface area contributed by atoms with E-state index in [1.807, 2.05) is 17.9 Å². The average Bonchev–Trinajstić information content (AvgIpc) is 2.74. The van der Waals surface area contributed by atoms with Gasteiger partial charge in [-0.1, -0.05) is 30.1 Å². The minimum absolute atomic E-state index is 0.0412. The smallest absolute Gasteiger partial charge is 0.288 e. The minimum Gasteiger partial charge on any atom is -0.366 e. The average molecular weight is 465 g/mol. The zero-order valence-electron chi connectivity index (χ0n) is 16.9. The molecule has 8 nitrogen and oxygen atoms in total. The van der Waals surface area contributed by atoms with Gasteiger partial charge in [0, 0.05) is 49.3 Å². The summed E-state index contributed by atoms with van der Waals surface area (Å²) >= 11 is 12.0. The first-order chi connectivity index (χ1) is 14.8. The summed E-state index contributed by atoms with van der Waals surface area (Å²) in [6.45, 7) is 4.40. The van der Waals surface area contributed by atoms with Gasteiger partial charge in [-0.25, -0.2) is 0 Å². The van der Waals surface area contributed by atoms with Gasteiger partial charge in [-0.2, -0.15) is 0 Å². The lowest BCUT2D eigenvalue weighted by Crippen LogP contribution is -2.48. The molecule has 31 heavy (non-hydrogen) atoms. The highest BCUT2D eigenvalue weighted by molar-refractivity contribution is 6.33. The van der Waals surface area contributed by atoms with Crippen molar-refractivity contribution in [1.82, 2.24) is 4.90 Å². The van der Waals surface area contributed by atoms with Crippen LogP contribution in [0.2, 0.25) is 10.0 Å². The molecule has 0 aliphatic carbocycles. The maximum Gasteiger partial charge on any atom is 0.288 e. The third kappa shape index (κ3) is 5.45. The Bertz CT molecular complexity index is 1010. The highest BCUT2D eigenvalue weighted by atomic mass is 35.5. The Kier molecular flexibility index (Phi) is 7.35. The van der Waals surface area contributed by atoms with Crippen LogP contribution in [0, 0.1) is 10.1 Å². The molecule has 0 radical (unpaired) electrons.